The van der Waals surface area contributed by atoms with E-state index in [0.717, 1.165) is 25.3 Å². The van der Waals surface area contributed by atoms with Crippen LogP contribution >= 0.6 is 15.9 Å². The van der Waals surface area contributed by atoms with Crippen molar-refractivity contribution in [1.29, 1.82) is 0 Å². The van der Waals surface area contributed by atoms with Crippen molar-refractivity contribution in [3.8, 4) is 17.2 Å². The molecule has 0 aromatic heterocycles. The Labute approximate surface area is 137 Å². The Morgan fingerprint density at radius 1 is 0.850 bits per heavy atom. The predicted molar refractivity (Wildman–Crippen MR) is 77.6 cm³/mol. The first-order valence-corrected chi connectivity index (χ1v) is 8.83. The number of hydrogen-bond donors (Lipinski definition) is 0. The summed E-state index contributed by atoms with van der Waals surface area (Å²) < 4.78 is 19.7. The molecule has 2 aromatic rings. The van der Waals surface area contributed by atoms with Gasteiger partial charge >= 0.3 is 21.2 Å². The van der Waals surface area contributed by atoms with E-state index in [2.05, 4.69) is 40.2 Å². The molecule has 2 rings (SSSR count). The second-order valence-electron chi connectivity index (χ2n) is 3.88. The second kappa shape index (κ2) is 7.17. The van der Waals surface area contributed by atoms with Gasteiger partial charge in [0, 0.05) is 16.6 Å². The third kappa shape index (κ3) is 3.58. The van der Waals surface area contributed by atoms with E-state index in [4.69, 9.17) is 14.2 Å². The van der Waals surface area contributed by atoms with Gasteiger partial charge in [0.05, 0.1) is 21.3 Å². The number of halogens is 2. The van der Waals surface area contributed by atoms with Crippen molar-refractivity contribution in [3.05, 3.63) is 48.0 Å². The van der Waals surface area contributed by atoms with Gasteiger partial charge in [0.25, 0.3) is 3.57 Å². The minimum Gasteiger partial charge on any atom is -0.496 e. The Hall–Kier alpha value is -0.950. The van der Waals surface area contributed by atoms with E-state index in [0.29, 0.717) is 0 Å². The Morgan fingerprint density at radius 2 is 1.40 bits per heavy atom. The van der Waals surface area contributed by atoms with Gasteiger partial charge in [0.2, 0.25) is 0 Å². The molecule has 0 aliphatic carbocycles. The summed E-state index contributed by atoms with van der Waals surface area (Å²) in [5.74, 6) is 2.37. The average molecular weight is 450 g/mol. The van der Waals surface area contributed by atoms with Crippen molar-refractivity contribution in [3.63, 3.8) is 0 Å². The van der Waals surface area contributed by atoms with Gasteiger partial charge in [-0.2, -0.15) is 0 Å². The van der Waals surface area contributed by atoms with Crippen LogP contribution in [0.1, 0.15) is 0 Å². The zero-order valence-corrected chi connectivity index (χ0v) is 15.2. The third-order valence-corrected chi connectivity index (χ3v) is 6.14. The van der Waals surface area contributed by atoms with Crippen LogP contribution in [-0.4, -0.2) is 21.3 Å². The maximum atomic E-state index is 5.48. The van der Waals surface area contributed by atoms with Gasteiger partial charge in [-0.3, -0.25) is 0 Å². The molecule has 0 amide bonds. The smallest absolute Gasteiger partial charge is 0.366 e. The molecule has 0 radical (unpaired) electrons. The fourth-order valence-electron chi connectivity index (χ4n) is 1.66. The highest BCUT2D eigenvalue weighted by Crippen LogP contribution is 2.27. The zero-order chi connectivity index (χ0) is 14.5. The normalized spacial score (nSPS) is 10.2. The van der Waals surface area contributed by atoms with E-state index in [9.17, 15) is 0 Å². The summed E-state index contributed by atoms with van der Waals surface area (Å²) in [7, 11) is 4.98. The van der Waals surface area contributed by atoms with Crippen molar-refractivity contribution in [2.45, 2.75) is 0 Å². The maximum absolute atomic E-state index is 5.48. The minimum absolute atomic E-state index is 0.385. The highest BCUT2D eigenvalue weighted by atomic mass is 127. The van der Waals surface area contributed by atoms with E-state index in [1.54, 1.807) is 21.3 Å². The fraction of sp³-hybridized carbons (Fsp3) is 0.200. The third-order valence-electron chi connectivity index (χ3n) is 2.66. The summed E-state index contributed by atoms with van der Waals surface area (Å²) >= 11 is 3.07. The first kappa shape index (κ1) is 15.4. The molecule has 5 heteroatoms. The summed E-state index contributed by atoms with van der Waals surface area (Å²) in [5.41, 5.74) is 0. The molecule has 0 bridgehead atoms. The van der Waals surface area contributed by atoms with Gasteiger partial charge < -0.3 is 14.2 Å². The van der Waals surface area contributed by atoms with Crippen LogP contribution in [0.15, 0.2) is 40.9 Å². The maximum Gasteiger partial charge on any atom is 0.366 e. The van der Waals surface area contributed by atoms with Crippen molar-refractivity contribution in [1.82, 2.24) is 0 Å². The molecule has 20 heavy (non-hydrogen) atoms. The van der Waals surface area contributed by atoms with Crippen molar-refractivity contribution < 1.29 is 35.4 Å². The van der Waals surface area contributed by atoms with E-state index >= 15 is 0 Å². The lowest BCUT2D eigenvalue weighted by Gasteiger charge is -2.08. The zero-order valence-electron chi connectivity index (χ0n) is 11.4. The van der Waals surface area contributed by atoms with Crippen LogP contribution in [0.5, 0.6) is 17.2 Å². The van der Waals surface area contributed by atoms with Gasteiger partial charge in [-0.25, -0.2) is 0 Å². The second-order valence-corrected chi connectivity index (χ2v) is 7.66. The number of ether oxygens (including phenoxy) is 3. The molecular formula is C15H15BrIO3+. The monoisotopic (exact) mass is 449 g/mol. The summed E-state index contributed by atoms with van der Waals surface area (Å²) in [6.07, 6.45) is 0. The average Bonchev–Trinajstić information content (AvgIpc) is 2.49. The SMILES string of the molecule is COc1cc(OC)c([I+]c2ccc(Br)cc2)c(OC)c1. The summed E-state index contributed by atoms with van der Waals surface area (Å²) in [6, 6.07) is 12.2. The highest BCUT2D eigenvalue weighted by Gasteiger charge is 2.27. The molecule has 0 saturated carbocycles. The van der Waals surface area contributed by atoms with Gasteiger partial charge in [-0.15, -0.1) is 0 Å². The molecule has 0 unspecified atom stereocenters. The molecule has 0 aliphatic heterocycles. The molecule has 0 spiro atoms. The van der Waals surface area contributed by atoms with Crippen molar-refractivity contribution in [2.75, 3.05) is 21.3 Å². The quantitative estimate of drug-likeness (QED) is 0.626. The highest BCUT2D eigenvalue weighted by molar-refractivity contribution is 9.10. The van der Waals surface area contributed by atoms with Crippen LogP contribution in [0.2, 0.25) is 0 Å². The summed E-state index contributed by atoms with van der Waals surface area (Å²) in [6.45, 7) is 0. The number of methoxy groups -OCH3 is 3. The number of rotatable bonds is 5. The number of hydrogen-bond acceptors (Lipinski definition) is 3. The van der Waals surface area contributed by atoms with E-state index in [1.807, 2.05) is 12.1 Å². The van der Waals surface area contributed by atoms with Gasteiger partial charge in [-0.1, -0.05) is 15.9 Å². The van der Waals surface area contributed by atoms with Crippen LogP contribution in [0.25, 0.3) is 0 Å². The van der Waals surface area contributed by atoms with Crippen LogP contribution in [-0.2, 0) is 0 Å². The Kier molecular flexibility index (Phi) is 5.54. The van der Waals surface area contributed by atoms with E-state index in [-0.39, 0.29) is 21.2 Å². The molecule has 0 atom stereocenters. The summed E-state index contributed by atoms with van der Waals surface area (Å²) in [5, 5.41) is 0. The molecule has 0 N–H and O–H groups in total. The molecule has 0 fully saturated rings. The molecule has 0 aliphatic rings. The van der Waals surface area contributed by atoms with Gasteiger partial charge in [0.1, 0.15) is 5.75 Å². The van der Waals surface area contributed by atoms with Crippen LogP contribution < -0.4 is 35.4 Å². The Balaban J connectivity index is 2.41. The minimum atomic E-state index is -0.385. The molecule has 106 valence electrons. The van der Waals surface area contributed by atoms with Crippen LogP contribution in [0.4, 0.5) is 0 Å². The first-order chi connectivity index (χ1) is 9.67. The lowest BCUT2D eigenvalue weighted by molar-refractivity contribution is -0.598. The standard InChI is InChI=1S/C15H15BrIO3/c1-18-12-8-13(19-2)15(14(9-12)20-3)17-11-6-4-10(16)5-7-11/h4-9H,1-3H3/q+1. The first-order valence-electron chi connectivity index (χ1n) is 5.88. The largest absolute Gasteiger partial charge is 0.496 e. The molecule has 2 aromatic carbocycles. The van der Waals surface area contributed by atoms with Gasteiger partial charge in [-0.05, 0) is 24.3 Å². The van der Waals surface area contributed by atoms with Gasteiger partial charge in [0.15, 0.2) is 15.1 Å². The van der Waals surface area contributed by atoms with E-state index in [1.165, 1.54) is 3.57 Å². The Morgan fingerprint density at radius 3 is 1.85 bits per heavy atom. The van der Waals surface area contributed by atoms with Crippen LogP contribution in [0.3, 0.4) is 0 Å². The topological polar surface area (TPSA) is 27.7 Å². The predicted octanol–water partition coefficient (Wildman–Crippen LogP) is 0.603. The van der Waals surface area contributed by atoms with Crippen LogP contribution in [0, 0.1) is 7.14 Å². The lowest BCUT2D eigenvalue weighted by Crippen LogP contribution is -3.61. The Bertz CT molecular complexity index is 559. The molecular weight excluding hydrogens is 435 g/mol. The summed E-state index contributed by atoms with van der Waals surface area (Å²) in [4.78, 5) is 0. The molecule has 0 heterocycles. The molecule has 3 nitrogen and oxygen atoms in total. The lowest BCUT2D eigenvalue weighted by atomic mass is 10.3. The fourth-order valence-corrected chi connectivity index (χ4v) is 4.55. The van der Waals surface area contributed by atoms with Crippen molar-refractivity contribution >= 4 is 15.9 Å². The van der Waals surface area contributed by atoms with Crippen molar-refractivity contribution in [2.24, 2.45) is 0 Å². The van der Waals surface area contributed by atoms with E-state index < -0.39 is 0 Å². The molecule has 0 saturated heterocycles. The number of benzene rings is 2.